The number of halogens is 1. The van der Waals surface area contributed by atoms with Gasteiger partial charge in [-0.3, -0.25) is 0 Å². The summed E-state index contributed by atoms with van der Waals surface area (Å²) in [6.45, 7) is 6.49. The van der Waals surface area contributed by atoms with E-state index in [0.29, 0.717) is 19.1 Å². The quantitative estimate of drug-likeness (QED) is 0.569. The van der Waals surface area contributed by atoms with Gasteiger partial charge in [0.05, 0.1) is 13.2 Å². The molecule has 0 fully saturated rings. The summed E-state index contributed by atoms with van der Waals surface area (Å²) in [5, 5.41) is 3.42. The van der Waals surface area contributed by atoms with E-state index in [1.54, 1.807) is 0 Å². The molecule has 0 aliphatic heterocycles. The third kappa shape index (κ3) is 5.53. The minimum atomic E-state index is 0.0255. The average Bonchev–Trinajstić information content (AvgIpc) is 2.39. The molecular formula is C14H22ClNO. The zero-order chi connectivity index (χ0) is 12.6. The summed E-state index contributed by atoms with van der Waals surface area (Å²) in [5.74, 6) is 0.627. The van der Waals surface area contributed by atoms with E-state index in [0.717, 1.165) is 13.0 Å². The predicted molar refractivity (Wildman–Crippen MR) is 73.5 cm³/mol. The van der Waals surface area contributed by atoms with Crippen LogP contribution < -0.4 is 5.32 Å². The molecule has 1 aromatic rings. The molecule has 0 aliphatic rings. The smallest absolute Gasteiger partial charge is 0.0717 e. The van der Waals surface area contributed by atoms with E-state index in [4.69, 9.17) is 16.3 Å². The molecule has 1 N–H and O–H groups in total. The third-order valence-electron chi connectivity index (χ3n) is 2.98. The summed E-state index contributed by atoms with van der Waals surface area (Å²) < 4.78 is 5.60. The number of alkyl halides is 1. The maximum atomic E-state index is 5.91. The second-order valence-electron chi connectivity index (χ2n) is 4.51. The predicted octanol–water partition coefficient (Wildman–Crippen LogP) is 3.20. The molecule has 3 heteroatoms. The zero-order valence-electron chi connectivity index (χ0n) is 10.7. The summed E-state index contributed by atoms with van der Waals surface area (Å²) in [6.07, 6.45) is 1.02. The number of benzene rings is 1. The van der Waals surface area contributed by atoms with E-state index >= 15 is 0 Å². The highest BCUT2D eigenvalue weighted by Crippen LogP contribution is 2.10. The van der Waals surface area contributed by atoms with Gasteiger partial charge in [0.1, 0.15) is 0 Å². The van der Waals surface area contributed by atoms with Crippen molar-refractivity contribution in [3.8, 4) is 0 Å². The standard InChI is InChI=1S/C14H22ClNO/c1-3-14(2,12-15)16-9-10-17-11-13-7-5-4-6-8-13/h4-8,16H,3,9-12H2,1-2H3. The fourth-order valence-corrected chi connectivity index (χ4v) is 1.74. The Morgan fingerprint density at radius 1 is 1.29 bits per heavy atom. The molecule has 0 aromatic heterocycles. The molecule has 0 spiro atoms. The Morgan fingerprint density at radius 2 is 2.00 bits per heavy atom. The Labute approximate surface area is 109 Å². The van der Waals surface area contributed by atoms with Crippen molar-refractivity contribution in [2.45, 2.75) is 32.4 Å². The fourth-order valence-electron chi connectivity index (χ4n) is 1.46. The second-order valence-corrected chi connectivity index (χ2v) is 4.78. The van der Waals surface area contributed by atoms with Crippen molar-refractivity contribution in [1.29, 1.82) is 0 Å². The average molecular weight is 256 g/mol. The van der Waals surface area contributed by atoms with Gasteiger partial charge in [-0.25, -0.2) is 0 Å². The summed E-state index contributed by atoms with van der Waals surface area (Å²) in [6, 6.07) is 10.2. The van der Waals surface area contributed by atoms with E-state index in [2.05, 4.69) is 31.3 Å². The van der Waals surface area contributed by atoms with Gasteiger partial charge in [0.15, 0.2) is 0 Å². The molecule has 1 unspecified atom stereocenters. The van der Waals surface area contributed by atoms with Crippen molar-refractivity contribution < 1.29 is 4.74 Å². The summed E-state index contributed by atoms with van der Waals surface area (Å²) >= 11 is 5.91. The van der Waals surface area contributed by atoms with E-state index in [1.807, 2.05) is 18.2 Å². The molecule has 0 aliphatic carbocycles. The van der Waals surface area contributed by atoms with Crippen molar-refractivity contribution in [1.82, 2.24) is 5.32 Å². The molecule has 1 atom stereocenters. The zero-order valence-corrected chi connectivity index (χ0v) is 11.5. The highest BCUT2D eigenvalue weighted by atomic mass is 35.5. The maximum absolute atomic E-state index is 5.91. The first-order valence-corrected chi connectivity index (χ1v) is 6.66. The minimum absolute atomic E-state index is 0.0255. The van der Waals surface area contributed by atoms with Gasteiger partial charge in [-0.1, -0.05) is 37.3 Å². The molecule has 0 saturated heterocycles. The van der Waals surface area contributed by atoms with E-state index < -0.39 is 0 Å². The first kappa shape index (κ1) is 14.5. The minimum Gasteiger partial charge on any atom is -0.375 e. The normalized spacial score (nSPS) is 14.5. The summed E-state index contributed by atoms with van der Waals surface area (Å²) in [4.78, 5) is 0. The Balaban J connectivity index is 2.13. The van der Waals surface area contributed by atoms with Gasteiger partial charge in [-0.2, -0.15) is 0 Å². The molecule has 17 heavy (non-hydrogen) atoms. The maximum Gasteiger partial charge on any atom is 0.0717 e. The molecule has 2 nitrogen and oxygen atoms in total. The lowest BCUT2D eigenvalue weighted by atomic mass is 10.0. The Kier molecular flexibility index (Phi) is 6.56. The lowest BCUT2D eigenvalue weighted by Crippen LogP contribution is -2.45. The highest BCUT2D eigenvalue weighted by molar-refractivity contribution is 6.18. The van der Waals surface area contributed by atoms with Crippen LogP contribution >= 0.6 is 11.6 Å². The van der Waals surface area contributed by atoms with Crippen molar-refractivity contribution in [3.63, 3.8) is 0 Å². The van der Waals surface area contributed by atoms with E-state index in [1.165, 1.54) is 5.56 Å². The van der Waals surface area contributed by atoms with Gasteiger partial charge in [-0.15, -0.1) is 11.6 Å². The van der Waals surface area contributed by atoms with Gasteiger partial charge in [0.2, 0.25) is 0 Å². The van der Waals surface area contributed by atoms with E-state index in [-0.39, 0.29) is 5.54 Å². The van der Waals surface area contributed by atoms with Crippen LogP contribution in [0.3, 0.4) is 0 Å². The molecule has 0 amide bonds. The Morgan fingerprint density at radius 3 is 2.59 bits per heavy atom. The van der Waals surface area contributed by atoms with E-state index in [9.17, 15) is 0 Å². The van der Waals surface area contributed by atoms with Gasteiger partial charge in [-0.05, 0) is 18.9 Å². The van der Waals surface area contributed by atoms with Crippen LogP contribution in [0.15, 0.2) is 30.3 Å². The lowest BCUT2D eigenvalue weighted by Gasteiger charge is -2.27. The molecule has 1 aromatic carbocycles. The number of ether oxygens (including phenoxy) is 1. The number of hydrogen-bond donors (Lipinski definition) is 1. The van der Waals surface area contributed by atoms with Crippen molar-refractivity contribution in [2.75, 3.05) is 19.0 Å². The van der Waals surface area contributed by atoms with Crippen LogP contribution in [-0.4, -0.2) is 24.6 Å². The molecule has 0 saturated carbocycles. The van der Waals surface area contributed by atoms with Gasteiger partial charge in [0, 0.05) is 18.0 Å². The van der Waals surface area contributed by atoms with Crippen molar-refractivity contribution in [2.24, 2.45) is 0 Å². The van der Waals surface area contributed by atoms with Gasteiger partial charge >= 0.3 is 0 Å². The second kappa shape index (κ2) is 7.70. The van der Waals surface area contributed by atoms with Crippen LogP contribution in [0.5, 0.6) is 0 Å². The van der Waals surface area contributed by atoms with Crippen LogP contribution in [0.2, 0.25) is 0 Å². The molecule has 96 valence electrons. The van der Waals surface area contributed by atoms with Gasteiger partial charge < -0.3 is 10.1 Å². The van der Waals surface area contributed by atoms with Crippen molar-refractivity contribution >= 4 is 11.6 Å². The highest BCUT2D eigenvalue weighted by Gasteiger charge is 2.18. The number of rotatable bonds is 8. The number of hydrogen-bond acceptors (Lipinski definition) is 2. The topological polar surface area (TPSA) is 21.3 Å². The van der Waals surface area contributed by atoms with Crippen LogP contribution in [0, 0.1) is 0 Å². The largest absolute Gasteiger partial charge is 0.375 e. The molecule has 1 rings (SSSR count). The number of nitrogens with one attached hydrogen (secondary N) is 1. The lowest BCUT2D eigenvalue weighted by molar-refractivity contribution is 0.117. The van der Waals surface area contributed by atoms with Gasteiger partial charge in [0.25, 0.3) is 0 Å². The van der Waals surface area contributed by atoms with Crippen LogP contribution in [0.4, 0.5) is 0 Å². The molecule has 0 bridgehead atoms. The fraction of sp³-hybridized carbons (Fsp3) is 0.571. The van der Waals surface area contributed by atoms with Crippen LogP contribution in [0.25, 0.3) is 0 Å². The van der Waals surface area contributed by atoms with Crippen LogP contribution in [-0.2, 0) is 11.3 Å². The SMILES string of the molecule is CCC(C)(CCl)NCCOCc1ccccc1. The molecule has 0 heterocycles. The Bertz CT molecular complexity index is 298. The monoisotopic (exact) mass is 255 g/mol. The van der Waals surface area contributed by atoms with Crippen molar-refractivity contribution in [3.05, 3.63) is 35.9 Å². The first-order valence-electron chi connectivity index (χ1n) is 6.13. The summed E-state index contributed by atoms with van der Waals surface area (Å²) in [7, 11) is 0. The molecular weight excluding hydrogens is 234 g/mol. The Hall–Kier alpha value is -0.570. The third-order valence-corrected chi connectivity index (χ3v) is 3.57. The van der Waals surface area contributed by atoms with Crippen LogP contribution in [0.1, 0.15) is 25.8 Å². The molecule has 0 radical (unpaired) electrons. The first-order chi connectivity index (χ1) is 8.20. The summed E-state index contributed by atoms with van der Waals surface area (Å²) in [5.41, 5.74) is 1.24.